The lowest BCUT2D eigenvalue weighted by atomic mass is 9.80. The van der Waals surface area contributed by atoms with Gasteiger partial charge in [0.15, 0.2) is 0 Å². The van der Waals surface area contributed by atoms with Crippen molar-refractivity contribution < 1.29 is 14.6 Å². The maximum absolute atomic E-state index is 10.7. The van der Waals surface area contributed by atoms with Crippen molar-refractivity contribution in [1.82, 2.24) is 9.97 Å². The Bertz CT molecular complexity index is 468. The summed E-state index contributed by atoms with van der Waals surface area (Å²) < 4.78 is 5.36. The van der Waals surface area contributed by atoms with E-state index in [1.807, 2.05) is 6.07 Å². The zero-order valence-electron chi connectivity index (χ0n) is 10.6. The molecule has 0 spiro atoms. The molecule has 0 amide bonds. The number of nitrogens with one attached hydrogen (secondary N) is 1. The monoisotopic (exact) mass is 263 g/mol. The number of carbonyl (C=O) groups is 1. The van der Waals surface area contributed by atoms with Gasteiger partial charge in [0.2, 0.25) is 0 Å². The largest absolute Gasteiger partial charge is 0.481 e. The van der Waals surface area contributed by atoms with E-state index < -0.39 is 5.97 Å². The second-order valence-electron chi connectivity index (χ2n) is 5.24. The average Bonchev–Trinajstić information content (AvgIpc) is 2.87. The molecule has 2 heterocycles. The molecule has 102 valence electrons. The summed E-state index contributed by atoms with van der Waals surface area (Å²) in [6, 6.07) is 2.16. The number of ether oxygens (including phenoxy) is 1. The van der Waals surface area contributed by atoms with Gasteiger partial charge in [-0.05, 0) is 19.3 Å². The molecule has 1 saturated carbocycles. The van der Waals surface area contributed by atoms with Crippen molar-refractivity contribution in [2.24, 2.45) is 5.92 Å². The van der Waals surface area contributed by atoms with Gasteiger partial charge in [-0.15, -0.1) is 0 Å². The number of nitrogens with zero attached hydrogens (tertiary/aromatic N) is 2. The van der Waals surface area contributed by atoms with E-state index in [0.29, 0.717) is 18.8 Å². The van der Waals surface area contributed by atoms with Gasteiger partial charge in [-0.1, -0.05) is 0 Å². The standard InChI is InChI=1S/C13H17N3O3/c17-13(18)9-3-10(4-9)16-12-5-11(14-7-15-12)8-1-2-19-6-8/h5,7-10H,1-4,6H2,(H,17,18)(H,14,15,16)/t8-,9?,10?/m1/s1. The van der Waals surface area contributed by atoms with Crippen LogP contribution in [0.2, 0.25) is 0 Å². The third kappa shape index (κ3) is 2.68. The van der Waals surface area contributed by atoms with Gasteiger partial charge in [-0.3, -0.25) is 4.79 Å². The van der Waals surface area contributed by atoms with E-state index in [9.17, 15) is 4.79 Å². The molecule has 1 atom stereocenters. The van der Waals surface area contributed by atoms with Crippen LogP contribution in [-0.4, -0.2) is 40.3 Å². The van der Waals surface area contributed by atoms with Crippen LogP contribution in [0.1, 0.15) is 30.9 Å². The smallest absolute Gasteiger partial charge is 0.306 e. The first-order valence-electron chi connectivity index (χ1n) is 6.61. The van der Waals surface area contributed by atoms with Crippen LogP contribution < -0.4 is 5.32 Å². The fourth-order valence-corrected chi connectivity index (χ4v) is 2.59. The first-order valence-corrected chi connectivity index (χ1v) is 6.61. The summed E-state index contributed by atoms with van der Waals surface area (Å²) in [5.41, 5.74) is 1.00. The van der Waals surface area contributed by atoms with Crippen molar-refractivity contribution in [2.75, 3.05) is 18.5 Å². The second-order valence-corrected chi connectivity index (χ2v) is 5.24. The van der Waals surface area contributed by atoms with Gasteiger partial charge in [-0.2, -0.15) is 0 Å². The van der Waals surface area contributed by atoms with E-state index in [0.717, 1.165) is 31.1 Å². The lowest BCUT2D eigenvalue weighted by Gasteiger charge is -2.33. The van der Waals surface area contributed by atoms with Crippen LogP contribution in [0.4, 0.5) is 5.82 Å². The first kappa shape index (κ1) is 12.3. The summed E-state index contributed by atoms with van der Waals surface area (Å²) in [5.74, 6) is 0.231. The molecule has 19 heavy (non-hydrogen) atoms. The lowest BCUT2D eigenvalue weighted by molar-refractivity contribution is -0.144. The fourth-order valence-electron chi connectivity index (χ4n) is 2.59. The van der Waals surface area contributed by atoms with E-state index >= 15 is 0 Å². The number of hydrogen-bond acceptors (Lipinski definition) is 5. The van der Waals surface area contributed by atoms with Crippen LogP contribution in [0.5, 0.6) is 0 Å². The highest BCUT2D eigenvalue weighted by molar-refractivity contribution is 5.71. The van der Waals surface area contributed by atoms with E-state index in [2.05, 4.69) is 15.3 Å². The van der Waals surface area contributed by atoms with Gasteiger partial charge in [0, 0.05) is 24.6 Å². The van der Waals surface area contributed by atoms with Crippen LogP contribution >= 0.6 is 0 Å². The Kier molecular flexibility index (Phi) is 3.33. The number of anilines is 1. The normalized spacial score (nSPS) is 29.8. The van der Waals surface area contributed by atoms with Gasteiger partial charge in [0.1, 0.15) is 12.1 Å². The molecule has 2 fully saturated rings. The van der Waals surface area contributed by atoms with Crippen molar-refractivity contribution in [2.45, 2.75) is 31.2 Å². The quantitative estimate of drug-likeness (QED) is 0.850. The van der Waals surface area contributed by atoms with Crippen LogP contribution in [0.15, 0.2) is 12.4 Å². The van der Waals surface area contributed by atoms with Gasteiger partial charge in [0.25, 0.3) is 0 Å². The molecule has 1 aliphatic heterocycles. The van der Waals surface area contributed by atoms with Crippen LogP contribution in [-0.2, 0) is 9.53 Å². The van der Waals surface area contributed by atoms with E-state index in [1.165, 1.54) is 0 Å². The maximum Gasteiger partial charge on any atom is 0.306 e. The van der Waals surface area contributed by atoms with Crippen LogP contribution in [0, 0.1) is 5.92 Å². The topological polar surface area (TPSA) is 84.3 Å². The highest BCUT2D eigenvalue weighted by Gasteiger charge is 2.34. The Labute approximate surface area is 111 Å². The lowest BCUT2D eigenvalue weighted by Crippen LogP contribution is -2.39. The van der Waals surface area contributed by atoms with Crippen molar-refractivity contribution >= 4 is 11.8 Å². The molecule has 1 aliphatic carbocycles. The van der Waals surface area contributed by atoms with Crippen molar-refractivity contribution in [3.8, 4) is 0 Å². The van der Waals surface area contributed by atoms with Gasteiger partial charge < -0.3 is 15.2 Å². The molecule has 1 aromatic rings. The summed E-state index contributed by atoms with van der Waals surface area (Å²) in [6.45, 7) is 1.52. The predicted octanol–water partition coefficient (Wildman–Crippen LogP) is 1.26. The Morgan fingerprint density at radius 3 is 2.95 bits per heavy atom. The van der Waals surface area contributed by atoms with Gasteiger partial charge in [-0.25, -0.2) is 9.97 Å². The molecule has 1 aromatic heterocycles. The summed E-state index contributed by atoms with van der Waals surface area (Å²) in [7, 11) is 0. The molecule has 2 N–H and O–H groups in total. The zero-order chi connectivity index (χ0) is 13.2. The molecule has 6 heteroatoms. The molecular formula is C13H17N3O3. The number of rotatable bonds is 4. The molecule has 1 saturated heterocycles. The minimum Gasteiger partial charge on any atom is -0.481 e. The Morgan fingerprint density at radius 2 is 2.26 bits per heavy atom. The second kappa shape index (κ2) is 5.13. The highest BCUT2D eigenvalue weighted by Crippen LogP contribution is 2.30. The van der Waals surface area contributed by atoms with E-state index in [-0.39, 0.29) is 12.0 Å². The molecule has 6 nitrogen and oxygen atoms in total. The molecular weight excluding hydrogens is 246 g/mol. The summed E-state index contributed by atoms with van der Waals surface area (Å²) in [6.07, 6.45) is 3.90. The highest BCUT2D eigenvalue weighted by atomic mass is 16.5. The van der Waals surface area contributed by atoms with Crippen molar-refractivity contribution in [3.05, 3.63) is 18.1 Å². The maximum atomic E-state index is 10.7. The Hall–Kier alpha value is -1.69. The first-order chi connectivity index (χ1) is 9.22. The number of carboxylic acids is 1. The Morgan fingerprint density at radius 1 is 1.42 bits per heavy atom. The van der Waals surface area contributed by atoms with Crippen LogP contribution in [0.25, 0.3) is 0 Å². The number of hydrogen-bond donors (Lipinski definition) is 2. The predicted molar refractivity (Wildman–Crippen MR) is 68.0 cm³/mol. The SMILES string of the molecule is O=C(O)C1CC(Nc2cc([C@@H]3CCOC3)ncn2)C1. The number of carboxylic acid groups (broad SMARTS) is 1. The Balaban J connectivity index is 1.59. The third-order valence-electron chi connectivity index (χ3n) is 3.88. The minimum atomic E-state index is -0.704. The van der Waals surface area contributed by atoms with E-state index in [4.69, 9.17) is 9.84 Å². The van der Waals surface area contributed by atoms with Crippen LogP contribution in [0.3, 0.4) is 0 Å². The molecule has 2 aliphatic rings. The summed E-state index contributed by atoms with van der Waals surface area (Å²) in [5, 5.41) is 12.1. The molecule has 0 unspecified atom stereocenters. The van der Waals surface area contributed by atoms with Gasteiger partial charge >= 0.3 is 5.97 Å². The summed E-state index contributed by atoms with van der Waals surface area (Å²) in [4.78, 5) is 19.2. The minimum absolute atomic E-state index is 0.206. The third-order valence-corrected chi connectivity index (χ3v) is 3.88. The fraction of sp³-hybridized carbons (Fsp3) is 0.615. The molecule has 0 aromatic carbocycles. The van der Waals surface area contributed by atoms with E-state index in [1.54, 1.807) is 6.33 Å². The average molecular weight is 263 g/mol. The van der Waals surface area contributed by atoms with Gasteiger partial charge in [0.05, 0.1) is 18.2 Å². The number of aliphatic carboxylic acids is 1. The zero-order valence-corrected chi connectivity index (χ0v) is 10.6. The molecule has 0 bridgehead atoms. The van der Waals surface area contributed by atoms with Crippen molar-refractivity contribution in [3.63, 3.8) is 0 Å². The number of aromatic nitrogens is 2. The molecule has 0 radical (unpaired) electrons. The van der Waals surface area contributed by atoms with Crippen molar-refractivity contribution in [1.29, 1.82) is 0 Å². The molecule has 3 rings (SSSR count). The summed E-state index contributed by atoms with van der Waals surface area (Å²) >= 11 is 0.